The van der Waals surface area contributed by atoms with E-state index in [1.54, 1.807) is 6.20 Å². The molecule has 0 unspecified atom stereocenters. The Kier molecular flexibility index (Phi) is 3.29. The molecule has 2 N–H and O–H groups in total. The second-order valence-corrected chi connectivity index (χ2v) is 3.62. The summed E-state index contributed by atoms with van der Waals surface area (Å²) in [6.45, 7) is 2.05. The molecule has 0 radical (unpaired) electrons. The highest BCUT2D eigenvalue weighted by Gasteiger charge is 2.19. The Hall–Kier alpha value is -1.16. The minimum absolute atomic E-state index is 0.812. The quantitative estimate of drug-likeness (QED) is 0.661. The molecule has 1 fully saturated rings. The van der Waals surface area contributed by atoms with Gasteiger partial charge in [-0.2, -0.15) is 5.10 Å². The summed E-state index contributed by atoms with van der Waals surface area (Å²) in [5, 5.41) is 14.4. The second-order valence-electron chi connectivity index (χ2n) is 3.62. The lowest BCUT2D eigenvalue weighted by Crippen LogP contribution is -2.20. The second kappa shape index (κ2) is 4.91. The van der Waals surface area contributed by atoms with Gasteiger partial charge in [-0.3, -0.25) is 0 Å². The molecule has 1 heterocycles. The molecule has 4 heteroatoms. The molecule has 1 saturated carbocycles. The van der Waals surface area contributed by atoms with Crippen molar-refractivity contribution in [2.45, 2.75) is 25.3 Å². The summed E-state index contributed by atoms with van der Waals surface area (Å²) >= 11 is 0. The molecule has 2 rings (SSSR count). The number of hydrogen-bond donors (Lipinski definition) is 2. The van der Waals surface area contributed by atoms with E-state index >= 15 is 0 Å². The first-order valence-electron chi connectivity index (χ1n) is 5.20. The zero-order chi connectivity index (χ0) is 9.64. The molecule has 1 aliphatic rings. The van der Waals surface area contributed by atoms with E-state index in [9.17, 15) is 0 Å². The Balaban J connectivity index is 1.54. The van der Waals surface area contributed by atoms with Gasteiger partial charge in [-0.1, -0.05) is 0 Å². The van der Waals surface area contributed by atoms with E-state index in [1.165, 1.54) is 12.8 Å². The highest BCUT2D eigenvalue weighted by atomic mass is 15.2. The van der Waals surface area contributed by atoms with Crippen molar-refractivity contribution in [3.05, 3.63) is 18.3 Å². The third-order valence-electron chi connectivity index (χ3n) is 2.24. The maximum Gasteiger partial charge on any atom is 0.148 e. The van der Waals surface area contributed by atoms with E-state index in [0.29, 0.717) is 0 Å². The lowest BCUT2D eigenvalue weighted by Gasteiger charge is -2.04. The summed E-state index contributed by atoms with van der Waals surface area (Å²) in [5.41, 5.74) is 0. The monoisotopic (exact) mass is 192 g/mol. The molecule has 0 aromatic carbocycles. The van der Waals surface area contributed by atoms with Crippen LogP contribution in [0, 0.1) is 0 Å². The Morgan fingerprint density at radius 2 is 2.29 bits per heavy atom. The Morgan fingerprint density at radius 3 is 3.00 bits per heavy atom. The zero-order valence-electron chi connectivity index (χ0n) is 8.24. The zero-order valence-corrected chi connectivity index (χ0v) is 8.24. The summed E-state index contributed by atoms with van der Waals surface area (Å²) in [6.07, 6.45) is 5.53. The normalized spacial score (nSPS) is 15.4. The van der Waals surface area contributed by atoms with Gasteiger partial charge in [-0.05, 0) is 37.9 Å². The molecule has 0 spiro atoms. The van der Waals surface area contributed by atoms with Gasteiger partial charge in [-0.25, -0.2) is 0 Å². The van der Waals surface area contributed by atoms with E-state index in [-0.39, 0.29) is 0 Å². The van der Waals surface area contributed by atoms with Crippen LogP contribution < -0.4 is 10.6 Å². The van der Waals surface area contributed by atoms with Crippen LogP contribution in [0.2, 0.25) is 0 Å². The van der Waals surface area contributed by atoms with Gasteiger partial charge < -0.3 is 10.6 Å². The van der Waals surface area contributed by atoms with Crippen molar-refractivity contribution in [1.82, 2.24) is 15.5 Å². The molecule has 76 valence electrons. The maximum atomic E-state index is 3.94. The van der Waals surface area contributed by atoms with Gasteiger partial charge in [-0.15, -0.1) is 5.10 Å². The molecule has 14 heavy (non-hydrogen) atoms. The van der Waals surface area contributed by atoms with Crippen molar-refractivity contribution in [2.75, 3.05) is 18.4 Å². The molecular formula is C10H16N4. The number of anilines is 1. The maximum absolute atomic E-state index is 3.94. The van der Waals surface area contributed by atoms with Crippen LogP contribution in [0.25, 0.3) is 0 Å². The fraction of sp³-hybridized carbons (Fsp3) is 0.600. The van der Waals surface area contributed by atoms with Crippen LogP contribution in [0.15, 0.2) is 18.3 Å². The van der Waals surface area contributed by atoms with Gasteiger partial charge in [0.2, 0.25) is 0 Å². The number of nitrogens with one attached hydrogen (secondary N) is 2. The Bertz CT molecular complexity index is 258. The van der Waals surface area contributed by atoms with Crippen LogP contribution in [0.1, 0.15) is 19.3 Å². The molecule has 1 aromatic rings. The molecule has 0 bridgehead atoms. The summed E-state index contributed by atoms with van der Waals surface area (Å²) in [5.74, 6) is 0.860. The lowest BCUT2D eigenvalue weighted by molar-refractivity contribution is 0.658. The molecule has 0 aliphatic heterocycles. The fourth-order valence-corrected chi connectivity index (χ4v) is 1.29. The van der Waals surface area contributed by atoms with Crippen molar-refractivity contribution in [3.8, 4) is 0 Å². The minimum Gasteiger partial charge on any atom is -0.369 e. The first kappa shape index (κ1) is 9.40. The number of aromatic nitrogens is 2. The van der Waals surface area contributed by atoms with E-state index in [0.717, 1.165) is 31.4 Å². The fourth-order valence-electron chi connectivity index (χ4n) is 1.29. The van der Waals surface area contributed by atoms with E-state index in [1.807, 2.05) is 12.1 Å². The molecular weight excluding hydrogens is 176 g/mol. The van der Waals surface area contributed by atoms with E-state index in [2.05, 4.69) is 20.8 Å². The van der Waals surface area contributed by atoms with Crippen LogP contribution in [0.4, 0.5) is 5.82 Å². The average molecular weight is 192 g/mol. The average Bonchev–Trinajstić information content (AvgIpc) is 3.03. The highest BCUT2D eigenvalue weighted by Crippen LogP contribution is 2.18. The molecule has 4 nitrogen and oxygen atoms in total. The molecule has 0 amide bonds. The summed E-state index contributed by atoms with van der Waals surface area (Å²) in [4.78, 5) is 0. The van der Waals surface area contributed by atoms with Gasteiger partial charge in [0.05, 0.1) is 0 Å². The van der Waals surface area contributed by atoms with Crippen molar-refractivity contribution < 1.29 is 0 Å². The van der Waals surface area contributed by atoms with Gasteiger partial charge in [0.15, 0.2) is 0 Å². The van der Waals surface area contributed by atoms with E-state index in [4.69, 9.17) is 0 Å². The lowest BCUT2D eigenvalue weighted by atomic mass is 10.4. The van der Waals surface area contributed by atoms with Gasteiger partial charge in [0.25, 0.3) is 0 Å². The first-order chi connectivity index (χ1) is 6.95. The number of rotatable bonds is 6. The van der Waals surface area contributed by atoms with Gasteiger partial charge in [0, 0.05) is 18.8 Å². The molecule has 0 atom stereocenters. The van der Waals surface area contributed by atoms with Crippen molar-refractivity contribution in [1.29, 1.82) is 0 Å². The van der Waals surface area contributed by atoms with Crippen LogP contribution in [-0.4, -0.2) is 29.3 Å². The third-order valence-corrected chi connectivity index (χ3v) is 2.24. The van der Waals surface area contributed by atoms with Gasteiger partial charge >= 0.3 is 0 Å². The van der Waals surface area contributed by atoms with Crippen molar-refractivity contribution in [3.63, 3.8) is 0 Å². The van der Waals surface area contributed by atoms with Crippen molar-refractivity contribution in [2.24, 2.45) is 0 Å². The molecule has 1 aliphatic carbocycles. The number of hydrogen-bond acceptors (Lipinski definition) is 4. The largest absolute Gasteiger partial charge is 0.369 e. The van der Waals surface area contributed by atoms with Crippen LogP contribution in [-0.2, 0) is 0 Å². The predicted molar refractivity (Wildman–Crippen MR) is 56.2 cm³/mol. The smallest absolute Gasteiger partial charge is 0.148 e. The SMILES string of the molecule is c1cnnc(NCCCNC2CC2)c1. The minimum atomic E-state index is 0.812. The van der Waals surface area contributed by atoms with Gasteiger partial charge in [0.1, 0.15) is 5.82 Å². The Labute approximate surface area is 84.1 Å². The summed E-state index contributed by atoms with van der Waals surface area (Å²) in [7, 11) is 0. The number of nitrogens with zero attached hydrogens (tertiary/aromatic N) is 2. The third kappa shape index (κ3) is 3.30. The van der Waals surface area contributed by atoms with Crippen LogP contribution in [0.5, 0.6) is 0 Å². The van der Waals surface area contributed by atoms with E-state index < -0.39 is 0 Å². The van der Waals surface area contributed by atoms with Crippen LogP contribution >= 0.6 is 0 Å². The first-order valence-corrected chi connectivity index (χ1v) is 5.20. The van der Waals surface area contributed by atoms with Crippen LogP contribution in [0.3, 0.4) is 0 Å². The summed E-state index contributed by atoms with van der Waals surface area (Å²) in [6, 6.07) is 4.63. The molecule has 0 saturated heterocycles. The predicted octanol–water partition coefficient (Wildman–Crippen LogP) is 1.03. The molecule has 1 aromatic heterocycles. The van der Waals surface area contributed by atoms with Crippen molar-refractivity contribution >= 4 is 5.82 Å². The standard InChI is InChI=1S/C10H16N4/c1-3-10(14-13-8-1)12-7-2-6-11-9-4-5-9/h1,3,8-9,11H,2,4-7H2,(H,12,14). The highest BCUT2D eigenvalue weighted by molar-refractivity contribution is 5.30. The Morgan fingerprint density at radius 1 is 1.36 bits per heavy atom. The topological polar surface area (TPSA) is 49.8 Å². The summed E-state index contributed by atoms with van der Waals surface area (Å²) < 4.78 is 0.